The molecule has 0 fully saturated rings. The number of carboxylic acids is 1. The minimum atomic E-state index is -3.66. The number of hydrogen-bond acceptors (Lipinski definition) is 5. The lowest BCUT2D eigenvalue weighted by Crippen LogP contribution is -2.53. The molecule has 9 heteroatoms. The van der Waals surface area contributed by atoms with Crippen molar-refractivity contribution in [1.29, 1.82) is 0 Å². The average molecular weight is 423 g/mol. The highest BCUT2D eigenvalue weighted by molar-refractivity contribution is 7.89. The van der Waals surface area contributed by atoms with Gasteiger partial charge in [0, 0.05) is 5.54 Å². The number of allylic oxidation sites excluding steroid dienone is 2. The van der Waals surface area contributed by atoms with Gasteiger partial charge in [0.1, 0.15) is 11.7 Å². The molecule has 0 saturated heterocycles. The van der Waals surface area contributed by atoms with Crippen LogP contribution in [0.1, 0.15) is 27.7 Å². The summed E-state index contributed by atoms with van der Waals surface area (Å²) in [6.45, 7) is 6.51. The highest BCUT2D eigenvalue weighted by Gasteiger charge is 2.38. The SMILES string of the molecule is CC(C)(C)NS(=O)(=O)c1ccc(OCC(=O)NC2(C)C=CC=CC2C(=O)O)cc1. The second kappa shape index (κ2) is 8.38. The number of amides is 1. The summed E-state index contributed by atoms with van der Waals surface area (Å²) in [6, 6.07) is 5.68. The highest BCUT2D eigenvalue weighted by atomic mass is 32.2. The number of hydrogen-bond donors (Lipinski definition) is 3. The lowest BCUT2D eigenvalue weighted by molar-refractivity contribution is -0.142. The van der Waals surface area contributed by atoms with Crippen molar-refractivity contribution in [2.24, 2.45) is 5.92 Å². The van der Waals surface area contributed by atoms with Gasteiger partial charge in [0.25, 0.3) is 5.91 Å². The molecule has 2 atom stereocenters. The van der Waals surface area contributed by atoms with Crippen LogP contribution in [0.25, 0.3) is 0 Å². The van der Waals surface area contributed by atoms with Crippen molar-refractivity contribution in [3.8, 4) is 5.75 Å². The van der Waals surface area contributed by atoms with Crippen LogP contribution in [0.4, 0.5) is 0 Å². The number of sulfonamides is 1. The number of nitrogens with one attached hydrogen (secondary N) is 2. The Kier molecular flexibility index (Phi) is 6.54. The molecule has 0 radical (unpaired) electrons. The summed E-state index contributed by atoms with van der Waals surface area (Å²) in [5, 5.41) is 12.0. The molecule has 29 heavy (non-hydrogen) atoms. The summed E-state index contributed by atoms with van der Waals surface area (Å²) in [5.74, 6) is -2.12. The predicted molar refractivity (Wildman–Crippen MR) is 108 cm³/mol. The molecular weight excluding hydrogens is 396 g/mol. The molecule has 1 amide bonds. The third kappa shape index (κ3) is 6.16. The summed E-state index contributed by atoms with van der Waals surface area (Å²) in [4.78, 5) is 23.7. The van der Waals surface area contributed by atoms with Gasteiger partial charge in [0.05, 0.1) is 10.4 Å². The van der Waals surface area contributed by atoms with Gasteiger partial charge in [-0.3, -0.25) is 9.59 Å². The van der Waals surface area contributed by atoms with E-state index in [1.165, 1.54) is 30.3 Å². The number of benzene rings is 1. The van der Waals surface area contributed by atoms with Gasteiger partial charge in [-0.25, -0.2) is 13.1 Å². The fraction of sp³-hybridized carbons (Fsp3) is 0.400. The van der Waals surface area contributed by atoms with Crippen LogP contribution in [-0.2, 0) is 19.6 Å². The first-order valence-corrected chi connectivity index (χ1v) is 10.5. The van der Waals surface area contributed by atoms with Gasteiger partial charge < -0.3 is 15.2 Å². The summed E-state index contributed by atoms with van der Waals surface area (Å²) in [5.41, 5.74) is -1.68. The van der Waals surface area contributed by atoms with E-state index in [0.717, 1.165) is 0 Å². The molecule has 2 rings (SSSR count). The minimum absolute atomic E-state index is 0.0835. The lowest BCUT2D eigenvalue weighted by atomic mass is 9.82. The van der Waals surface area contributed by atoms with Gasteiger partial charge >= 0.3 is 5.97 Å². The third-order valence-corrected chi connectivity index (χ3v) is 5.90. The highest BCUT2D eigenvalue weighted by Crippen LogP contribution is 2.24. The van der Waals surface area contributed by atoms with Crippen LogP contribution in [0, 0.1) is 5.92 Å². The summed E-state index contributed by atoms with van der Waals surface area (Å²) < 4.78 is 32.5. The molecule has 1 aliphatic carbocycles. The topological polar surface area (TPSA) is 122 Å². The summed E-state index contributed by atoms with van der Waals surface area (Å²) >= 11 is 0. The molecule has 0 aliphatic heterocycles. The molecule has 0 spiro atoms. The maximum absolute atomic E-state index is 12.3. The lowest BCUT2D eigenvalue weighted by Gasteiger charge is -2.33. The maximum Gasteiger partial charge on any atom is 0.313 e. The van der Waals surface area contributed by atoms with Crippen LogP contribution < -0.4 is 14.8 Å². The Morgan fingerprint density at radius 1 is 1.17 bits per heavy atom. The van der Waals surface area contributed by atoms with Crippen molar-refractivity contribution in [3.63, 3.8) is 0 Å². The molecule has 3 N–H and O–H groups in total. The minimum Gasteiger partial charge on any atom is -0.484 e. The summed E-state index contributed by atoms with van der Waals surface area (Å²) in [7, 11) is -3.66. The molecule has 0 heterocycles. The number of carbonyl (C=O) groups excluding carboxylic acids is 1. The molecule has 8 nitrogen and oxygen atoms in total. The Labute approximate surface area is 170 Å². The quantitative estimate of drug-likeness (QED) is 0.616. The zero-order valence-corrected chi connectivity index (χ0v) is 17.6. The average Bonchev–Trinajstić information content (AvgIpc) is 2.58. The van der Waals surface area contributed by atoms with Crippen LogP contribution in [-0.4, -0.2) is 43.1 Å². The normalized spacial score (nSPS) is 21.6. The van der Waals surface area contributed by atoms with Crippen molar-refractivity contribution in [2.45, 2.75) is 43.7 Å². The first-order valence-electron chi connectivity index (χ1n) is 8.99. The fourth-order valence-corrected chi connectivity index (χ4v) is 4.27. The van der Waals surface area contributed by atoms with Crippen molar-refractivity contribution in [3.05, 3.63) is 48.6 Å². The zero-order chi connectivity index (χ0) is 21.9. The van der Waals surface area contributed by atoms with Crippen molar-refractivity contribution >= 4 is 21.9 Å². The van der Waals surface area contributed by atoms with Gasteiger partial charge in [-0.1, -0.05) is 24.3 Å². The molecule has 2 unspecified atom stereocenters. The third-order valence-electron chi connectivity index (χ3n) is 4.12. The number of ether oxygens (including phenoxy) is 1. The fourth-order valence-electron chi connectivity index (χ4n) is 2.85. The van der Waals surface area contributed by atoms with Gasteiger partial charge in [0.2, 0.25) is 10.0 Å². The molecule has 1 aliphatic rings. The van der Waals surface area contributed by atoms with E-state index < -0.39 is 38.9 Å². The second-order valence-corrected chi connectivity index (χ2v) is 9.69. The molecular formula is C20H26N2O6S. The van der Waals surface area contributed by atoms with Crippen molar-refractivity contribution in [2.75, 3.05) is 6.61 Å². The first-order chi connectivity index (χ1) is 13.3. The Hall–Kier alpha value is -2.65. The van der Waals surface area contributed by atoms with Gasteiger partial charge in [0.15, 0.2) is 6.61 Å². The standard InChI is InChI=1S/C20H26N2O6S/c1-19(2,3)22-29(26,27)15-10-8-14(9-11-15)28-13-17(23)21-20(4)12-6-5-7-16(20)18(24)25/h5-12,16,22H,13H2,1-4H3,(H,21,23)(H,24,25). The molecule has 1 aromatic carbocycles. The van der Waals surface area contributed by atoms with Crippen molar-refractivity contribution in [1.82, 2.24) is 10.0 Å². The van der Waals surface area contributed by atoms with E-state index in [0.29, 0.717) is 5.75 Å². The van der Waals surface area contributed by atoms with E-state index in [-0.39, 0.29) is 11.5 Å². The van der Waals surface area contributed by atoms with Gasteiger partial charge in [-0.2, -0.15) is 0 Å². The van der Waals surface area contributed by atoms with Crippen LogP contribution in [0.2, 0.25) is 0 Å². The zero-order valence-electron chi connectivity index (χ0n) is 16.8. The summed E-state index contributed by atoms with van der Waals surface area (Å²) in [6.07, 6.45) is 6.42. The maximum atomic E-state index is 12.3. The predicted octanol–water partition coefficient (Wildman–Crippen LogP) is 1.84. The largest absolute Gasteiger partial charge is 0.484 e. The van der Waals surface area contributed by atoms with E-state index in [1.807, 2.05) is 0 Å². The number of carbonyl (C=O) groups is 2. The van der Waals surface area contributed by atoms with Crippen LogP contribution >= 0.6 is 0 Å². The van der Waals surface area contributed by atoms with E-state index >= 15 is 0 Å². The van der Waals surface area contributed by atoms with Crippen LogP contribution in [0.3, 0.4) is 0 Å². The van der Waals surface area contributed by atoms with Gasteiger partial charge in [-0.05, 0) is 52.0 Å². The monoisotopic (exact) mass is 422 g/mol. The number of aliphatic carboxylic acids is 1. The van der Waals surface area contributed by atoms with Crippen LogP contribution in [0.15, 0.2) is 53.5 Å². The van der Waals surface area contributed by atoms with E-state index in [4.69, 9.17) is 4.74 Å². The molecule has 158 valence electrons. The molecule has 0 saturated carbocycles. The van der Waals surface area contributed by atoms with Crippen LogP contribution in [0.5, 0.6) is 5.75 Å². The Morgan fingerprint density at radius 3 is 2.34 bits per heavy atom. The smallest absolute Gasteiger partial charge is 0.313 e. The van der Waals surface area contributed by atoms with Crippen molar-refractivity contribution < 1.29 is 27.9 Å². The van der Waals surface area contributed by atoms with E-state index in [9.17, 15) is 23.1 Å². The number of rotatable bonds is 7. The molecule has 1 aromatic rings. The van der Waals surface area contributed by atoms with Gasteiger partial charge in [-0.15, -0.1) is 0 Å². The molecule has 0 aromatic heterocycles. The second-order valence-electron chi connectivity index (χ2n) is 8.01. The first kappa shape index (κ1) is 22.6. The Morgan fingerprint density at radius 2 is 1.79 bits per heavy atom. The van der Waals surface area contributed by atoms with E-state index in [2.05, 4.69) is 10.0 Å². The number of carboxylic acid groups (broad SMARTS) is 1. The van der Waals surface area contributed by atoms with E-state index in [1.54, 1.807) is 45.9 Å². The Balaban J connectivity index is 1.98. The molecule has 0 bridgehead atoms. The Bertz CT molecular complexity index is 929.